The second-order valence-corrected chi connectivity index (χ2v) is 5.00. The predicted octanol–water partition coefficient (Wildman–Crippen LogP) is 3.83. The highest BCUT2D eigenvalue weighted by Crippen LogP contribution is 2.28. The standard InChI is InChI=1S/C13H27N/c1-4-6-10-13(3,5-2)14-11-8-7-9-12-14/h4-12H2,1-3H3. The van der Waals surface area contributed by atoms with Crippen LogP contribution in [-0.4, -0.2) is 23.5 Å². The second-order valence-electron chi connectivity index (χ2n) is 5.00. The lowest BCUT2D eigenvalue weighted by Gasteiger charge is -2.43. The Morgan fingerprint density at radius 1 is 1.07 bits per heavy atom. The third-order valence-corrected chi connectivity index (χ3v) is 3.95. The summed E-state index contributed by atoms with van der Waals surface area (Å²) < 4.78 is 0. The SMILES string of the molecule is CCCCC(C)(CC)N1CCCCC1. The summed E-state index contributed by atoms with van der Waals surface area (Å²) in [6.45, 7) is 9.80. The Balaban J connectivity index is 2.47. The number of nitrogens with zero attached hydrogens (tertiary/aromatic N) is 1. The average Bonchev–Trinajstić information content (AvgIpc) is 2.27. The molecular weight excluding hydrogens is 170 g/mol. The van der Waals surface area contributed by atoms with Crippen LogP contribution in [0.2, 0.25) is 0 Å². The molecule has 1 nitrogen and oxygen atoms in total. The van der Waals surface area contributed by atoms with Gasteiger partial charge in [-0.2, -0.15) is 0 Å². The lowest BCUT2D eigenvalue weighted by molar-refractivity contribution is 0.0675. The van der Waals surface area contributed by atoms with E-state index in [0.29, 0.717) is 5.54 Å². The molecule has 0 aromatic heterocycles. The first kappa shape index (κ1) is 12.0. The Kier molecular flexibility index (Phi) is 4.94. The van der Waals surface area contributed by atoms with Crippen LogP contribution in [0.1, 0.15) is 65.7 Å². The summed E-state index contributed by atoms with van der Waals surface area (Å²) in [5.41, 5.74) is 0.496. The van der Waals surface area contributed by atoms with Gasteiger partial charge < -0.3 is 0 Å². The molecule has 1 heterocycles. The van der Waals surface area contributed by atoms with Crippen LogP contribution >= 0.6 is 0 Å². The van der Waals surface area contributed by atoms with Gasteiger partial charge in [-0.15, -0.1) is 0 Å². The van der Waals surface area contributed by atoms with E-state index in [0.717, 1.165) is 0 Å². The number of hydrogen-bond donors (Lipinski definition) is 0. The van der Waals surface area contributed by atoms with Crippen LogP contribution in [0.3, 0.4) is 0 Å². The Morgan fingerprint density at radius 2 is 1.71 bits per heavy atom. The van der Waals surface area contributed by atoms with E-state index in [2.05, 4.69) is 25.7 Å². The van der Waals surface area contributed by atoms with Gasteiger partial charge in [0.25, 0.3) is 0 Å². The number of piperidine rings is 1. The summed E-state index contributed by atoms with van der Waals surface area (Å²) >= 11 is 0. The molecule has 0 aromatic rings. The van der Waals surface area contributed by atoms with Gasteiger partial charge in [0.05, 0.1) is 0 Å². The summed E-state index contributed by atoms with van der Waals surface area (Å²) in [6.07, 6.45) is 9.71. The minimum absolute atomic E-state index is 0.496. The lowest BCUT2D eigenvalue weighted by atomic mass is 9.88. The Bertz CT molecular complexity index is 149. The normalized spacial score (nSPS) is 23.4. The molecule has 1 atom stereocenters. The fourth-order valence-electron chi connectivity index (χ4n) is 2.55. The minimum Gasteiger partial charge on any atom is -0.298 e. The largest absolute Gasteiger partial charge is 0.298 e. The van der Waals surface area contributed by atoms with Crippen molar-refractivity contribution in [2.75, 3.05) is 13.1 Å². The summed E-state index contributed by atoms with van der Waals surface area (Å²) in [5.74, 6) is 0. The van der Waals surface area contributed by atoms with Crippen molar-refractivity contribution in [3.63, 3.8) is 0 Å². The predicted molar refractivity (Wildman–Crippen MR) is 63.6 cm³/mol. The maximum absolute atomic E-state index is 2.74. The van der Waals surface area contributed by atoms with Crippen LogP contribution in [0.25, 0.3) is 0 Å². The van der Waals surface area contributed by atoms with Gasteiger partial charge >= 0.3 is 0 Å². The number of likely N-dealkylation sites (tertiary alicyclic amines) is 1. The summed E-state index contributed by atoms with van der Waals surface area (Å²) in [4.78, 5) is 2.74. The molecule has 1 rings (SSSR count). The molecular formula is C13H27N. The molecule has 1 heteroatoms. The zero-order valence-corrected chi connectivity index (χ0v) is 10.3. The topological polar surface area (TPSA) is 3.24 Å². The molecule has 1 unspecified atom stereocenters. The van der Waals surface area contributed by atoms with Crippen molar-refractivity contribution < 1.29 is 0 Å². The summed E-state index contributed by atoms with van der Waals surface area (Å²) in [5, 5.41) is 0. The van der Waals surface area contributed by atoms with Gasteiger partial charge in [0.15, 0.2) is 0 Å². The first-order valence-corrected chi connectivity index (χ1v) is 6.48. The van der Waals surface area contributed by atoms with E-state index in [1.165, 1.54) is 58.0 Å². The van der Waals surface area contributed by atoms with E-state index in [1.807, 2.05) is 0 Å². The van der Waals surface area contributed by atoms with Gasteiger partial charge in [0.2, 0.25) is 0 Å². The highest BCUT2D eigenvalue weighted by atomic mass is 15.2. The van der Waals surface area contributed by atoms with Crippen molar-refractivity contribution in [1.82, 2.24) is 4.90 Å². The number of hydrogen-bond acceptors (Lipinski definition) is 1. The molecule has 0 radical (unpaired) electrons. The van der Waals surface area contributed by atoms with Gasteiger partial charge in [-0.25, -0.2) is 0 Å². The zero-order valence-electron chi connectivity index (χ0n) is 10.3. The molecule has 0 N–H and O–H groups in total. The molecule has 0 spiro atoms. The van der Waals surface area contributed by atoms with E-state index in [-0.39, 0.29) is 0 Å². The van der Waals surface area contributed by atoms with Crippen molar-refractivity contribution in [2.24, 2.45) is 0 Å². The highest BCUT2D eigenvalue weighted by Gasteiger charge is 2.29. The maximum Gasteiger partial charge on any atom is 0.0178 e. The van der Waals surface area contributed by atoms with Crippen molar-refractivity contribution in [2.45, 2.75) is 71.3 Å². The van der Waals surface area contributed by atoms with Gasteiger partial charge in [0, 0.05) is 5.54 Å². The molecule has 0 aliphatic carbocycles. The molecule has 1 aliphatic rings. The molecule has 0 aromatic carbocycles. The van der Waals surface area contributed by atoms with Crippen LogP contribution < -0.4 is 0 Å². The van der Waals surface area contributed by atoms with Crippen molar-refractivity contribution in [1.29, 1.82) is 0 Å². The number of unbranched alkanes of at least 4 members (excludes halogenated alkanes) is 1. The van der Waals surface area contributed by atoms with Crippen LogP contribution in [0.4, 0.5) is 0 Å². The molecule has 0 amide bonds. The van der Waals surface area contributed by atoms with Crippen molar-refractivity contribution in [3.8, 4) is 0 Å². The Hall–Kier alpha value is -0.0400. The van der Waals surface area contributed by atoms with Gasteiger partial charge in [-0.3, -0.25) is 4.90 Å². The van der Waals surface area contributed by atoms with Crippen LogP contribution in [0.15, 0.2) is 0 Å². The highest BCUT2D eigenvalue weighted by molar-refractivity contribution is 4.86. The number of rotatable bonds is 5. The van der Waals surface area contributed by atoms with Crippen LogP contribution in [0, 0.1) is 0 Å². The van der Waals surface area contributed by atoms with Gasteiger partial charge in [0.1, 0.15) is 0 Å². The summed E-state index contributed by atoms with van der Waals surface area (Å²) in [7, 11) is 0. The van der Waals surface area contributed by atoms with Crippen LogP contribution in [-0.2, 0) is 0 Å². The molecule has 1 fully saturated rings. The monoisotopic (exact) mass is 197 g/mol. The van der Waals surface area contributed by atoms with E-state index in [4.69, 9.17) is 0 Å². The van der Waals surface area contributed by atoms with Gasteiger partial charge in [-0.1, -0.05) is 33.1 Å². The fourth-order valence-corrected chi connectivity index (χ4v) is 2.55. The third kappa shape index (κ3) is 2.98. The maximum atomic E-state index is 2.74. The zero-order chi connectivity index (χ0) is 10.4. The van der Waals surface area contributed by atoms with E-state index in [1.54, 1.807) is 0 Å². The van der Waals surface area contributed by atoms with E-state index >= 15 is 0 Å². The Labute approximate surface area is 89.9 Å². The second kappa shape index (κ2) is 5.75. The lowest BCUT2D eigenvalue weighted by Crippen LogP contribution is -2.48. The quantitative estimate of drug-likeness (QED) is 0.647. The van der Waals surface area contributed by atoms with E-state index < -0.39 is 0 Å². The molecule has 14 heavy (non-hydrogen) atoms. The van der Waals surface area contributed by atoms with Gasteiger partial charge in [-0.05, 0) is 45.7 Å². The van der Waals surface area contributed by atoms with Crippen LogP contribution in [0.5, 0.6) is 0 Å². The molecule has 1 saturated heterocycles. The van der Waals surface area contributed by atoms with Crippen molar-refractivity contribution >= 4 is 0 Å². The third-order valence-electron chi connectivity index (χ3n) is 3.95. The molecule has 84 valence electrons. The summed E-state index contributed by atoms with van der Waals surface area (Å²) in [6, 6.07) is 0. The molecule has 1 aliphatic heterocycles. The average molecular weight is 197 g/mol. The fraction of sp³-hybridized carbons (Fsp3) is 1.00. The van der Waals surface area contributed by atoms with Crippen molar-refractivity contribution in [3.05, 3.63) is 0 Å². The first-order chi connectivity index (χ1) is 6.73. The Morgan fingerprint density at radius 3 is 2.21 bits per heavy atom. The first-order valence-electron chi connectivity index (χ1n) is 6.48. The minimum atomic E-state index is 0.496. The van der Waals surface area contributed by atoms with E-state index in [9.17, 15) is 0 Å². The smallest absolute Gasteiger partial charge is 0.0178 e. The molecule has 0 saturated carbocycles. The molecule has 0 bridgehead atoms.